The highest BCUT2D eigenvalue weighted by atomic mass is 16.6. The summed E-state index contributed by atoms with van der Waals surface area (Å²) in [5.74, 6) is -0.568. The maximum Gasteiger partial charge on any atom is 0.344 e. The molecule has 0 radical (unpaired) electrons. The molecule has 6 atom stereocenters. The predicted molar refractivity (Wildman–Crippen MR) is 107 cm³/mol. The van der Waals surface area contributed by atoms with Crippen LogP contribution in [0.2, 0.25) is 0 Å². The average molecular weight is 409 g/mol. The van der Waals surface area contributed by atoms with Gasteiger partial charge in [-0.15, -0.1) is 0 Å². The summed E-state index contributed by atoms with van der Waals surface area (Å²) < 4.78 is 16.5. The molecular weight excluding hydrogens is 372 g/mol. The Morgan fingerprint density at radius 3 is 2.28 bits per heavy atom. The zero-order valence-corrected chi connectivity index (χ0v) is 18.9. The zero-order valence-electron chi connectivity index (χ0n) is 18.9. The summed E-state index contributed by atoms with van der Waals surface area (Å²) in [5.41, 5.74) is -1.12. The van der Waals surface area contributed by atoms with Crippen molar-refractivity contribution < 1.29 is 28.6 Å². The van der Waals surface area contributed by atoms with Crippen LogP contribution in [0.1, 0.15) is 74.1 Å². The number of fused-ring (bicyclic) bond motifs is 1. The van der Waals surface area contributed by atoms with Gasteiger partial charge in [0, 0.05) is 5.92 Å². The van der Waals surface area contributed by atoms with Crippen LogP contribution in [-0.4, -0.2) is 36.7 Å². The van der Waals surface area contributed by atoms with Crippen molar-refractivity contribution in [3.05, 3.63) is 0 Å². The predicted octanol–water partition coefficient (Wildman–Crippen LogP) is 3.90. The molecule has 2 aliphatic carbocycles. The van der Waals surface area contributed by atoms with Gasteiger partial charge in [0.05, 0.1) is 11.3 Å². The van der Waals surface area contributed by atoms with E-state index in [0.29, 0.717) is 18.8 Å². The molecule has 1 aliphatic heterocycles. The van der Waals surface area contributed by atoms with Gasteiger partial charge in [-0.2, -0.15) is 0 Å². The van der Waals surface area contributed by atoms with Crippen molar-refractivity contribution in [2.45, 2.75) is 86.4 Å². The van der Waals surface area contributed by atoms with E-state index < -0.39 is 24.1 Å². The molecule has 3 fully saturated rings. The van der Waals surface area contributed by atoms with E-state index >= 15 is 0 Å². The average Bonchev–Trinajstić information content (AvgIpc) is 3.06. The summed E-state index contributed by atoms with van der Waals surface area (Å²) in [6.45, 7) is 13.8. The second-order valence-corrected chi connectivity index (χ2v) is 11.7. The quantitative estimate of drug-likeness (QED) is 0.507. The van der Waals surface area contributed by atoms with Gasteiger partial charge in [-0.3, -0.25) is 9.59 Å². The third kappa shape index (κ3) is 4.31. The van der Waals surface area contributed by atoms with Gasteiger partial charge < -0.3 is 14.2 Å². The molecule has 3 aliphatic rings. The molecule has 0 amide bonds. The molecular formula is C23H36O6. The topological polar surface area (TPSA) is 78.9 Å². The monoisotopic (exact) mass is 408 g/mol. The van der Waals surface area contributed by atoms with Crippen LogP contribution < -0.4 is 0 Å². The number of carbonyl (C=O) groups is 3. The molecule has 29 heavy (non-hydrogen) atoms. The highest BCUT2D eigenvalue weighted by Gasteiger charge is 2.58. The summed E-state index contributed by atoms with van der Waals surface area (Å²) in [4.78, 5) is 37.4. The van der Waals surface area contributed by atoms with Gasteiger partial charge in [-0.05, 0) is 49.4 Å². The van der Waals surface area contributed by atoms with E-state index in [1.165, 1.54) is 0 Å². The third-order valence-corrected chi connectivity index (χ3v) is 7.21. The molecule has 164 valence electrons. The Morgan fingerprint density at radius 2 is 1.69 bits per heavy atom. The van der Waals surface area contributed by atoms with E-state index in [0.717, 1.165) is 12.8 Å². The highest BCUT2D eigenvalue weighted by Crippen LogP contribution is 2.52. The zero-order chi connectivity index (χ0) is 21.8. The molecule has 1 heterocycles. The maximum atomic E-state index is 13.0. The Hall–Kier alpha value is -1.59. The van der Waals surface area contributed by atoms with Gasteiger partial charge in [0.1, 0.15) is 12.2 Å². The summed E-state index contributed by atoms with van der Waals surface area (Å²) in [6.07, 6.45) is 2.40. The van der Waals surface area contributed by atoms with Gasteiger partial charge in [-0.25, -0.2) is 4.79 Å². The molecule has 0 aromatic rings. The first-order chi connectivity index (χ1) is 13.2. The van der Waals surface area contributed by atoms with E-state index in [2.05, 4.69) is 20.8 Å². The Labute approximate surface area is 174 Å². The van der Waals surface area contributed by atoms with E-state index in [4.69, 9.17) is 14.2 Å². The van der Waals surface area contributed by atoms with Crippen LogP contribution in [0, 0.1) is 34.0 Å². The van der Waals surface area contributed by atoms with E-state index in [9.17, 15) is 14.4 Å². The van der Waals surface area contributed by atoms with Crippen molar-refractivity contribution in [2.75, 3.05) is 6.61 Å². The summed E-state index contributed by atoms with van der Waals surface area (Å²) in [5, 5.41) is 0. The van der Waals surface area contributed by atoms with Gasteiger partial charge in [-0.1, -0.05) is 41.5 Å². The van der Waals surface area contributed by atoms with Crippen LogP contribution in [0.5, 0.6) is 0 Å². The molecule has 0 aromatic carbocycles. The van der Waals surface area contributed by atoms with Crippen molar-refractivity contribution in [1.82, 2.24) is 0 Å². The van der Waals surface area contributed by atoms with Crippen molar-refractivity contribution >= 4 is 17.9 Å². The Morgan fingerprint density at radius 1 is 1.03 bits per heavy atom. The van der Waals surface area contributed by atoms with Crippen molar-refractivity contribution in [1.29, 1.82) is 0 Å². The van der Waals surface area contributed by atoms with Crippen molar-refractivity contribution in [3.8, 4) is 0 Å². The Balaban J connectivity index is 1.58. The molecule has 2 saturated carbocycles. The molecule has 6 nitrogen and oxygen atoms in total. The number of esters is 3. The lowest BCUT2D eigenvalue weighted by Gasteiger charge is -2.43. The summed E-state index contributed by atoms with van der Waals surface area (Å²) >= 11 is 0. The summed E-state index contributed by atoms with van der Waals surface area (Å²) in [6, 6.07) is 0. The lowest BCUT2D eigenvalue weighted by Crippen LogP contribution is -2.45. The number of ether oxygens (including phenoxy) is 3. The van der Waals surface area contributed by atoms with E-state index in [1.54, 1.807) is 0 Å². The minimum atomic E-state index is -0.732. The van der Waals surface area contributed by atoms with Crippen molar-refractivity contribution in [2.24, 2.45) is 34.0 Å². The molecule has 6 heteroatoms. The minimum Gasteiger partial charge on any atom is -0.458 e. The largest absolute Gasteiger partial charge is 0.458 e. The van der Waals surface area contributed by atoms with Crippen LogP contribution in [0.4, 0.5) is 0 Å². The van der Waals surface area contributed by atoms with Crippen LogP contribution in [0.25, 0.3) is 0 Å². The second-order valence-electron chi connectivity index (χ2n) is 11.7. The van der Waals surface area contributed by atoms with Gasteiger partial charge in [0.25, 0.3) is 0 Å². The molecule has 2 bridgehead atoms. The van der Waals surface area contributed by atoms with Gasteiger partial charge >= 0.3 is 17.9 Å². The van der Waals surface area contributed by atoms with Crippen LogP contribution in [0.15, 0.2) is 0 Å². The highest BCUT2D eigenvalue weighted by molar-refractivity contribution is 5.81. The number of carbonyl (C=O) groups excluding carboxylic acids is 3. The summed E-state index contributed by atoms with van der Waals surface area (Å²) in [7, 11) is 0. The smallest absolute Gasteiger partial charge is 0.344 e. The number of rotatable bonds is 5. The van der Waals surface area contributed by atoms with Gasteiger partial charge in [0.2, 0.25) is 0 Å². The standard InChI is InChI=1S/C23H36O6/c1-21(2,3)12-23(7,22(4,5)6)20(26)27-11-17(24)28-16-10-13-8-14-15(9-13)19(25)29-18(14)16/h13-16,18H,8-12H2,1-7H3. The fraction of sp³-hybridized carbons (Fsp3) is 0.870. The second kappa shape index (κ2) is 7.28. The normalized spacial score (nSPS) is 33.1. The lowest BCUT2D eigenvalue weighted by molar-refractivity contribution is -0.180. The molecule has 1 saturated heterocycles. The lowest BCUT2D eigenvalue weighted by atomic mass is 9.61. The van der Waals surface area contributed by atoms with Crippen molar-refractivity contribution in [3.63, 3.8) is 0 Å². The first-order valence-electron chi connectivity index (χ1n) is 10.8. The fourth-order valence-corrected chi connectivity index (χ4v) is 5.43. The van der Waals surface area contributed by atoms with Crippen LogP contribution in [-0.2, 0) is 28.6 Å². The third-order valence-electron chi connectivity index (χ3n) is 7.21. The number of hydrogen-bond donors (Lipinski definition) is 0. The van der Waals surface area contributed by atoms with Gasteiger partial charge in [0.15, 0.2) is 6.61 Å². The molecule has 0 spiro atoms. The SMILES string of the molecule is CC(C)(C)CC(C)(C(=O)OCC(=O)OC1CC2CC3C(=O)OC1C3C2)C(C)(C)C. The molecule has 3 rings (SSSR count). The van der Waals surface area contributed by atoms with E-state index in [1.807, 2.05) is 27.7 Å². The van der Waals surface area contributed by atoms with E-state index in [-0.39, 0.29) is 40.7 Å². The van der Waals surface area contributed by atoms with Crippen LogP contribution >= 0.6 is 0 Å². The maximum absolute atomic E-state index is 13.0. The molecule has 0 aromatic heterocycles. The Bertz CT molecular complexity index is 684. The molecule has 0 N–H and O–H groups in total. The fourth-order valence-electron chi connectivity index (χ4n) is 5.43. The first-order valence-corrected chi connectivity index (χ1v) is 10.8. The van der Waals surface area contributed by atoms with Crippen LogP contribution in [0.3, 0.4) is 0 Å². The first kappa shape index (κ1) is 22.1. The Kier molecular flexibility index (Phi) is 5.55. The molecule has 6 unspecified atom stereocenters. The minimum absolute atomic E-state index is 0.0311. The number of hydrogen-bond acceptors (Lipinski definition) is 6.